The molecule has 0 atom stereocenters. The maximum Gasteiger partial charge on any atom is 0.255 e. The number of aromatic nitrogens is 1. The van der Waals surface area contributed by atoms with E-state index in [1.54, 1.807) is 30.5 Å². The fourth-order valence-electron chi connectivity index (χ4n) is 2.18. The molecule has 0 fully saturated rings. The molecule has 0 aliphatic carbocycles. The van der Waals surface area contributed by atoms with E-state index in [-0.39, 0.29) is 5.91 Å². The predicted octanol–water partition coefficient (Wildman–Crippen LogP) is 3.37. The molecule has 134 valence electrons. The van der Waals surface area contributed by atoms with Gasteiger partial charge in [-0.1, -0.05) is 13.8 Å². The number of amides is 1. The minimum absolute atomic E-state index is 0.222. The number of nitrogens with two attached hydrogens (primary N) is 1. The van der Waals surface area contributed by atoms with Crippen LogP contribution in [0.15, 0.2) is 36.5 Å². The van der Waals surface area contributed by atoms with E-state index in [0.29, 0.717) is 48.2 Å². The molecule has 25 heavy (non-hydrogen) atoms. The number of pyridine rings is 1. The van der Waals surface area contributed by atoms with Gasteiger partial charge >= 0.3 is 0 Å². The van der Waals surface area contributed by atoms with Gasteiger partial charge in [-0.25, -0.2) is 0 Å². The standard InChI is InChI=1S/C19H25N3O3/c1-3-9-24-17-6-5-15(12-18(17)25-10-4-2)22-19(23)14-7-8-21-16(11-14)13-20/h5-8,11-12H,3-4,9-10,13,20H2,1-2H3,(H,22,23). The number of ether oxygens (including phenoxy) is 2. The molecule has 0 unspecified atom stereocenters. The van der Waals surface area contributed by atoms with Gasteiger partial charge in [0.1, 0.15) is 0 Å². The van der Waals surface area contributed by atoms with Crippen LogP contribution in [0, 0.1) is 0 Å². The highest BCUT2D eigenvalue weighted by Gasteiger charge is 2.11. The highest BCUT2D eigenvalue weighted by Crippen LogP contribution is 2.31. The molecule has 0 radical (unpaired) electrons. The van der Waals surface area contributed by atoms with Crippen molar-refractivity contribution >= 4 is 11.6 Å². The summed E-state index contributed by atoms with van der Waals surface area (Å²) in [6.07, 6.45) is 3.38. The summed E-state index contributed by atoms with van der Waals surface area (Å²) in [5.41, 5.74) is 7.40. The Kier molecular flexibility index (Phi) is 7.22. The zero-order chi connectivity index (χ0) is 18.1. The van der Waals surface area contributed by atoms with Crippen LogP contribution in [0.4, 0.5) is 5.69 Å². The van der Waals surface area contributed by atoms with Crippen molar-refractivity contribution < 1.29 is 14.3 Å². The summed E-state index contributed by atoms with van der Waals surface area (Å²) < 4.78 is 11.4. The van der Waals surface area contributed by atoms with E-state index in [1.165, 1.54) is 0 Å². The van der Waals surface area contributed by atoms with Crippen molar-refractivity contribution in [2.75, 3.05) is 18.5 Å². The van der Waals surface area contributed by atoms with Crippen LogP contribution >= 0.6 is 0 Å². The molecular weight excluding hydrogens is 318 g/mol. The highest BCUT2D eigenvalue weighted by atomic mass is 16.5. The van der Waals surface area contributed by atoms with Crippen molar-refractivity contribution in [2.45, 2.75) is 33.2 Å². The van der Waals surface area contributed by atoms with E-state index in [1.807, 2.05) is 19.9 Å². The Labute approximate surface area is 148 Å². The van der Waals surface area contributed by atoms with Crippen molar-refractivity contribution in [1.82, 2.24) is 4.98 Å². The summed E-state index contributed by atoms with van der Waals surface area (Å²) in [6, 6.07) is 8.73. The van der Waals surface area contributed by atoms with Crippen LogP contribution in [-0.2, 0) is 6.54 Å². The van der Waals surface area contributed by atoms with Gasteiger partial charge in [-0.05, 0) is 37.1 Å². The number of rotatable bonds is 9. The Bertz CT molecular complexity index is 704. The van der Waals surface area contributed by atoms with Crippen molar-refractivity contribution in [1.29, 1.82) is 0 Å². The maximum absolute atomic E-state index is 12.4. The zero-order valence-electron chi connectivity index (χ0n) is 14.7. The first kappa shape index (κ1) is 18.7. The fourth-order valence-corrected chi connectivity index (χ4v) is 2.18. The van der Waals surface area contributed by atoms with Crippen LogP contribution in [0.2, 0.25) is 0 Å². The smallest absolute Gasteiger partial charge is 0.255 e. The molecule has 2 aromatic rings. The van der Waals surface area contributed by atoms with Crippen molar-refractivity contribution in [3.8, 4) is 11.5 Å². The predicted molar refractivity (Wildman–Crippen MR) is 98.1 cm³/mol. The van der Waals surface area contributed by atoms with Crippen LogP contribution in [0.25, 0.3) is 0 Å². The molecule has 6 heteroatoms. The number of nitrogens with zero attached hydrogens (tertiary/aromatic N) is 1. The first-order valence-corrected chi connectivity index (χ1v) is 8.53. The molecule has 1 amide bonds. The van der Waals surface area contributed by atoms with Gasteiger partial charge in [0.05, 0.1) is 18.9 Å². The summed E-state index contributed by atoms with van der Waals surface area (Å²) >= 11 is 0. The van der Waals surface area contributed by atoms with Gasteiger partial charge < -0.3 is 20.5 Å². The molecule has 1 aromatic heterocycles. The number of hydrogen-bond donors (Lipinski definition) is 2. The average molecular weight is 343 g/mol. The van der Waals surface area contributed by atoms with Gasteiger partial charge in [0.2, 0.25) is 0 Å². The monoisotopic (exact) mass is 343 g/mol. The first-order valence-electron chi connectivity index (χ1n) is 8.53. The second-order valence-electron chi connectivity index (χ2n) is 5.55. The number of carbonyl (C=O) groups excluding carboxylic acids is 1. The lowest BCUT2D eigenvalue weighted by Gasteiger charge is -2.14. The summed E-state index contributed by atoms with van der Waals surface area (Å²) in [4.78, 5) is 16.5. The molecule has 3 N–H and O–H groups in total. The molecule has 0 aliphatic rings. The van der Waals surface area contributed by atoms with Crippen LogP contribution in [0.1, 0.15) is 42.7 Å². The van der Waals surface area contributed by atoms with E-state index < -0.39 is 0 Å². The SMILES string of the molecule is CCCOc1ccc(NC(=O)c2ccnc(CN)c2)cc1OCCC. The Hall–Kier alpha value is -2.60. The van der Waals surface area contributed by atoms with Gasteiger partial charge in [0.25, 0.3) is 5.91 Å². The third-order valence-electron chi connectivity index (χ3n) is 3.41. The molecule has 0 bridgehead atoms. The van der Waals surface area contributed by atoms with Crippen LogP contribution < -0.4 is 20.5 Å². The topological polar surface area (TPSA) is 86.5 Å². The number of carbonyl (C=O) groups is 1. The average Bonchev–Trinajstić information content (AvgIpc) is 2.65. The molecule has 0 saturated heterocycles. The lowest BCUT2D eigenvalue weighted by Crippen LogP contribution is -2.13. The van der Waals surface area contributed by atoms with Crippen LogP contribution in [0.5, 0.6) is 11.5 Å². The second kappa shape index (κ2) is 9.64. The third-order valence-corrected chi connectivity index (χ3v) is 3.41. The van der Waals surface area contributed by atoms with Crippen LogP contribution in [-0.4, -0.2) is 24.1 Å². The summed E-state index contributed by atoms with van der Waals surface area (Å²) in [5, 5.41) is 2.87. The first-order chi connectivity index (χ1) is 12.2. The molecule has 1 heterocycles. The molecule has 1 aromatic carbocycles. The summed E-state index contributed by atoms with van der Waals surface area (Å²) in [5.74, 6) is 1.09. The molecular formula is C19H25N3O3. The molecule has 0 saturated carbocycles. The lowest BCUT2D eigenvalue weighted by atomic mass is 10.2. The van der Waals surface area contributed by atoms with E-state index in [4.69, 9.17) is 15.2 Å². The van der Waals surface area contributed by atoms with Crippen molar-refractivity contribution in [3.63, 3.8) is 0 Å². The summed E-state index contributed by atoms with van der Waals surface area (Å²) in [7, 11) is 0. The zero-order valence-corrected chi connectivity index (χ0v) is 14.7. The van der Waals surface area contributed by atoms with E-state index in [0.717, 1.165) is 12.8 Å². The molecule has 0 spiro atoms. The number of benzene rings is 1. The number of nitrogens with one attached hydrogen (secondary N) is 1. The minimum atomic E-state index is -0.222. The van der Waals surface area contributed by atoms with Crippen molar-refractivity contribution in [3.05, 3.63) is 47.8 Å². The lowest BCUT2D eigenvalue weighted by molar-refractivity contribution is 0.102. The molecule has 6 nitrogen and oxygen atoms in total. The second-order valence-corrected chi connectivity index (χ2v) is 5.55. The highest BCUT2D eigenvalue weighted by molar-refractivity contribution is 6.04. The Morgan fingerprint density at radius 3 is 2.48 bits per heavy atom. The van der Waals surface area contributed by atoms with E-state index >= 15 is 0 Å². The molecule has 2 rings (SSSR count). The van der Waals surface area contributed by atoms with Gasteiger partial charge in [0.15, 0.2) is 11.5 Å². The Morgan fingerprint density at radius 1 is 1.08 bits per heavy atom. The van der Waals surface area contributed by atoms with Gasteiger partial charge in [-0.3, -0.25) is 9.78 Å². The van der Waals surface area contributed by atoms with Crippen LogP contribution in [0.3, 0.4) is 0 Å². The Balaban J connectivity index is 2.15. The molecule has 0 aliphatic heterocycles. The summed E-state index contributed by atoms with van der Waals surface area (Å²) in [6.45, 7) is 5.58. The minimum Gasteiger partial charge on any atom is -0.490 e. The van der Waals surface area contributed by atoms with E-state index in [2.05, 4.69) is 10.3 Å². The Morgan fingerprint density at radius 2 is 1.80 bits per heavy atom. The van der Waals surface area contributed by atoms with Crippen molar-refractivity contribution in [2.24, 2.45) is 5.73 Å². The van der Waals surface area contributed by atoms with Gasteiger partial charge in [-0.15, -0.1) is 0 Å². The number of hydrogen-bond acceptors (Lipinski definition) is 5. The maximum atomic E-state index is 12.4. The normalized spacial score (nSPS) is 10.4. The number of anilines is 1. The van der Waals surface area contributed by atoms with Gasteiger partial charge in [0, 0.05) is 30.1 Å². The van der Waals surface area contributed by atoms with E-state index in [9.17, 15) is 4.79 Å². The fraction of sp³-hybridized carbons (Fsp3) is 0.368. The quantitative estimate of drug-likeness (QED) is 0.729. The third kappa shape index (κ3) is 5.46. The van der Waals surface area contributed by atoms with Gasteiger partial charge in [-0.2, -0.15) is 0 Å². The largest absolute Gasteiger partial charge is 0.490 e.